The number of ether oxygens (including phenoxy) is 2. The number of thiazole rings is 1. The van der Waals surface area contributed by atoms with Crippen molar-refractivity contribution in [3.8, 4) is 33.3 Å². The minimum Gasteiger partial charge on any atom is -0.493 e. The number of nitrogens with one attached hydrogen (secondary N) is 1. The van der Waals surface area contributed by atoms with Gasteiger partial charge in [-0.1, -0.05) is 54.1 Å². The third-order valence-electron chi connectivity index (χ3n) is 5.18. The maximum absolute atomic E-state index is 12.7. The van der Waals surface area contributed by atoms with E-state index in [4.69, 9.17) is 14.5 Å². The first-order valence-electron chi connectivity index (χ1n) is 10.2. The van der Waals surface area contributed by atoms with Crippen LogP contribution in [0.15, 0.2) is 77.0 Å². The van der Waals surface area contributed by atoms with Gasteiger partial charge in [0.1, 0.15) is 5.01 Å². The summed E-state index contributed by atoms with van der Waals surface area (Å²) >= 11 is 1.58. The molecule has 0 unspecified atom stereocenters. The van der Waals surface area contributed by atoms with Crippen LogP contribution in [0.3, 0.4) is 0 Å². The van der Waals surface area contributed by atoms with Gasteiger partial charge in [-0.3, -0.25) is 0 Å². The molecule has 170 valence electrons. The van der Waals surface area contributed by atoms with Crippen molar-refractivity contribution in [2.24, 2.45) is 0 Å². The van der Waals surface area contributed by atoms with Crippen molar-refractivity contribution < 1.29 is 17.9 Å². The summed E-state index contributed by atoms with van der Waals surface area (Å²) in [7, 11) is -0.734. The fourth-order valence-electron chi connectivity index (χ4n) is 3.27. The molecular formula is C25H24N2O4S2. The zero-order valence-electron chi connectivity index (χ0n) is 18.5. The highest BCUT2D eigenvalue weighted by Crippen LogP contribution is 2.30. The van der Waals surface area contributed by atoms with Crippen molar-refractivity contribution in [1.82, 2.24) is 9.71 Å². The third-order valence-corrected chi connectivity index (χ3v) is 7.47. The fourth-order valence-corrected chi connectivity index (χ4v) is 5.14. The van der Waals surface area contributed by atoms with Crippen LogP contribution in [0.4, 0.5) is 0 Å². The number of sulfonamides is 1. The normalized spacial score (nSPS) is 11.4. The molecule has 4 aromatic rings. The SMILES string of the molecule is COc1ccc(S(=O)(=O)NCc2ccc(-c3nc(-c4ccc(C)cc4)cs3)cc2)cc1OC. The standard InChI is InChI=1S/C25H24N2O4S2/c1-17-4-8-19(9-5-17)22-16-32-25(27-22)20-10-6-18(7-11-20)15-26-33(28,29)21-12-13-23(30-2)24(14-21)31-3/h4-14,16,26H,15H2,1-3H3. The lowest BCUT2D eigenvalue weighted by Crippen LogP contribution is -2.23. The lowest BCUT2D eigenvalue weighted by Gasteiger charge is -2.11. The molecule has 33 heavy (non-hydrogen) atoms. The number of hydrogen-bond donors (Lipinski definition) is 1. The van der Waals surface area contributed by atoms with Crippen LogP contribution in [0.25, 0.3) is 21.8 Å². The Morgan fingerprint density at radius 3 is 2.21 bits per heavy atom. The Labute approximate surface area is 197 Å². The molecule has 0 spiro atoms. The summed E-state index contributed by atoms with van der Waals surface area (Å²) in [5.41, 5.74) is 5.08. The second-order valence-corrected chi connectivity index (χ2v) is 10.1. The number of hydrogen-bond acceptors (Lipinski definition) is 6. The molecule has 0 bridgehead atoms. The molecule has 0 saturated heterocycles. The lowest BCUT2D eigenvalue weighted by molar-refractivity contribution is 0.354. The van der Waals surface area contributed by atoms with Crippen LogP contribution in [0.1, 0.15) is 11.1 Å². The molecule has 0 amide bonds. The van der Waals surface area contributed by atoms with Crippen molar-refractivity contribution in [2.45, 2.75) is 18.4 Å². The number of methoxy groups -OCH3 is 2. The van der Waals surface area contributed by atoms with Crippen molar-refractivity contribution in [3.63, 3.8) is 0 Å². The molecule has 0 aliphatic carbocycles. The Bertz CT molecular complexity index is 1350. The second-order valence-electron chi connectivity index (χ2n) is 7.44. The van der Waals surface area contributed by atoms with Gasteiger partial charge in [-0.05, 0) is 24.6 Å². The number of aryl methyl sites for hydroxylation is 1. The maximum atomic E-state index is 12.7. The molecule has 0 aliphatic rings. The van der Waals surface area contributed by atoms with Crippen molar-refractivity contribution >= 4 is 21.4 Å². The van der Waals surface area contributed by atoms with Gasteiger partial charge in [-0.2, -0.15) is 0 Å². The Morgan fingerprint density at radius 1 is 0.879 bits per heavy atom. The first-order chi connectivity index (χ1) is 15.9. The van der Waals surface area contributed by atoms with Gasteiger partial charge in [-0.25, -0.2) is 18.1 Å². The highest BCUT2D eigenvalue weighted by atomic mass is 32.2. The topological polar surface area (TPSA) is 77.5 Å². The summed E-state index contributed by atoms with van der Waals surface area (Å²) in [5.74, 6) is 0.831. The molecule has 0 fully saturated rings. The molecule has 0 atom stereocenters. The Hall–Kier alpha value is -3.20. The minimum atomic E-state index is -3.70. The van der Waals surface area contributed by atoms with E-state index < -0.39 is 10.0 Å². The molecule has 1 N–H and O–H groups in total. The highest BCUT2D eigenvalue weighted by molar-refractivity contribution is 7.89. The molecule has 0 aliphatic heterocycles. The van der Waals surface area contributed by atoms with E-state index in [9.17, 15) is 8.42 Å². The third kappa shape index (κ3) is 5.24. The van der Waals surface area contributed by atoms with Crippen LogP contribution in [0, 0.1) is 6.92 Å². The van der Waals surface area contributed by atoms with E-state index in [-0.39, 0.29) is 11.4 Å². The monoisotopic (exact) mass is 480 g/mol. The molecule has 3 aromatic carbocycles. The van der Waals surface area contributed by atoms with E-state index in [1.165, 1.54) is 31.9 Å². The predicted molar refractivity (Wildman–Crippen MR) is 131 cm³/mol. The molecule has 0 radical (unpaired) electrons. The number of nitrogens with zero attached hydrogens (tertiary/aromatic N) is 1. The predicted octanol–water partition coefficient (Wildman–Crippen LogP) is 5.28. The minimum absolute atomic E-state index is 0.114. The average Bonchev–Trinajstić information content (AvgIpc) is 3.33. The molecule has 0 saturated carbocycles. The zero-order valence-corrected chi connectivity index (χ0v) is 20.2. The summed E-state index contributed by atoms with van der Waals surface area (Å²) in [6.07, 6.45) is 0. The molecule has 1 heterocycles. The molecule has 6 nitrogen and oxygen atoms in total. The summed E-state index contributed by atoms with van der Waals surface area (Å²) in [6.45, 7) is 2.23. The fraction of sp³-hybridized carbons (Fsp3) is 0.160. The number of benzene rings is 3. The van der Waals surface area contributed by atoms with Crippen LogP contribution in [-0.2, 0) is 16.6 Å². The van der Waals surface area contributed by atoms with Gasteiger partial charge in [0.25, 0.3) is 0 Å². The van der Waals surface area contributed by atoms with Crippen molar-refractivity contribution in [2.75, 3.05) is 14.2 Å². The number of aromatic nitrogens is 1. The summed E-state index contributed by atoms with van der Waals surface area (Å²) in [5, 5.41) is 2.97. The Balaban J connectivity index is 1.44. The van der Waals surface area contributed by atoms with Gasteiger partial charge in [0.15, 0.2) is 11.5 Å². The van der Waals surface area contributed by atoms with E-state index in [2.05, 4.69) is 35.9 Å². The van der Waals surface area contributed by atoms with Gasteiger partial charge in [0.05, 0.1) is 24.8 Å². The average molecular weight is 481 g/mol. The smallest absolute Gasteiger partial charge is 0.241 e. The quantitative estimate of drug-likeness (QED) is 0.371. The van der Waals surface area contributed by atoms with Crippen LogP contribution >= 0.6 is 11.3 Å². The molecule has 4 rings (SSSR count). The lowest BCUT2D eigenvalue weighted by atomic mass is 10.1. The second kappa shape index (κ2) is 9.74. The van der Waals surface area contributed by atoms with Crippen LogP contribution in [-0.4, -0.2) is 27.6 Å². The maximum Gasteiger partial charge on any atom is 0.241 e. The van der Waals surface area contributed by atoms with Crippen LogP contribution in [0.5, 0.6) is 11.5 Å². The van der Waals surface area contributed by atoms with E-state index >= 15 is 0 Å². The largest absolute Gasteiger partial charge is 0.493 e. The first kappa shape index (κ1) is 23.0. The summed E-state index contributed by atoms with van der Waals surface area (Å²) in [6, 6.07) is 20.5. The number of rotatable bonds is 8. The van der Waals surface area contributed by atoms with E-state index in [0.29, 0.717) is 11.5 Å². The van der Waals surface area contributed by atoms with E-state index in [1.807, 2.05) is 29.6 Å². The summed E-state index contributed by atoms with van der Waals surface area (Å²) in [4.78, 5) is 4.86. The van der Waals surface area contributed by atoms with Gasteiger partial charge in [-0.15, -0.1) is 11.3 Å². The van der Waals surface area contributed by atoms with Gasteiger partial charge in [0.2, 0.25) is 10.0 Å². The van der Waals surface area contributed by atoms with Crippen LogP contribution < -0.4 is 14.2 Å². The van der Waals surface area contributed by atoms with Gasteiger partial charge in [0, 0.05) is 29.1 Å². The molecular weight excluding hydrogens is 456 g/mol. The zero-order chi connectivity index (χ0) is 23.4. The van der Waals surface area contributed by atoms with E-state index in [0.717, 1.165) is 27.4 Å². The first-order valence-corrected chi connectivity index (χ1v) is 12.6. The van der Waals surface area contributed by atoms with Crippen molar-refractivity contribution in [1.29, 1.82) is 0 Å². The molecule has 1 aromatic heterocycles. The van der Waals surface area contributed by atoms with Gasteiger partial charge < -0.3 is 9.47 Å². The Kier molecular flexibility index (Phi) is 6.78. The Morgan fingerprint density at radius 2 is 1.55 bits per heavy atom. The highest BCUT2D eigenvalue weighted by Gasteiger charge is 2.17. The summed E-state index contributed by atoms with van der Waals surface area (Å²) < 4.78 is 38.4. The van der Waals surface area contributed by atoms with E-state index in [1.54, 1.807) is 17.4 Å². The molecule has 8 heteroatoms. The van der Waals surface area contributed by atoms with Gasteiger partial charge >= 0.3 is 0 Å². The van der Waals surface area contributed by atoms with Crippen molar-refractivity contribution in [3.05, 3.63) is 83.2 Å². The van der Waals surface area contributed by atoms with Crippen LogP contribution in [0.2, 0.25) is 0 Å².